The predicted molar refractivity (Wildman–Crippen MR) is 71.9 cm³/mol. The molecule has 1 atom stereocenters. The molecule has 0 heterocycles. The smallest absolute Gasteiger partial charge is 0.141 e. The Bertz CT molecular complexity index is 376. The summed E-state index contributed by atoms with van der Waals surface area (Å²) >= 11 is 5.77. The molecule has 1 rings (SSSR count). The highest BCUT2D eigenvalue weighted by Crippen LogP contribution is 2.23. The topological polar surface area (TPSA) is 12.0 Å². The van der Waals surface area contributed by atoms with Crippen LogP contribution in [0.5, 0.6) is 0 Å². The minimum atomic E-state index is -0.364. The number of rotatable bonds is 5. The van der Waals surface area contributed by atoms with Gasteiger partial charge in [0.2, 0.25) is 0 Å². The Balaban J connectivity index is 2.64. The molecule has 17 heavy (non-hydrogen) atoms. The second-order valence-electron chi connectivity index (χ2n) is 5.29. The monoisotopic (exact) mass is 257 g/mol. The van der Waals surface area contributed by atoms with Gasteiger partial charge in [-0.3, -0.25) is 0 Å². The third-order valence-electron chi connectivity index (χ3n) is 3.29. The molecule has 3 heteroatoms. The molecule has 0 fully saturated rings. The summed E-state index contributed by atoms with van der Waals surface area (Å²) in [4.78, 5) is 0. The van der Waals surface area contributed by atoms with E-state index >= 15 is 0 Å². The third-order valence-corrected chi connectivity index (χ3v) is 3.58. The molecule has 0 saturated heterocycles. The van der Waals surface area contributed by atoms with Crippen LogP contribution in [0.15, 0.2) is 18.2 Å². The molecule has 0 aliphatic rings. The lowest BCUT2D eigenvalue weighted by molar-refractivity contribution is 0.314. The molecule has 0 saturated carbocycles. The molecule has 1 N–H and O–H groups in total. The summed E-state index contributed by atoms with van der Waals surface area (Å²) in [5, 5.41) is 3.64. The molecule has 0 aliphatic heterocycles. The Hall–Kier alpha value is -0.600. The van der Waals surface area contributed by atoms with Gasteiger partial charge < -0.3 is 5.32 Å². The fourth-order valence-corrected chi connectivity index (χ4v) is 1.64. The molecule has 0 amide bonds. The third kappa shape index (κ3) is 4.29. The molecule has 0 spiro atoms. The van der Waals surface area contributed by atoms with Crippen molar-refractivity contribution in [1.29, 1.82) is 0 Å². The zero-order valence-electron chi connectivity index (χ0n) is 11.0. The van der Waals surface area contributed by atoms with Crippen molar-refractivity contribution in [3.8, 4) is 0 Å². The molecule has 1 aromatic rings. The number of nitrogens with one attached hydrogen (secondary N) is 1. The Labute approximate surface area is 108 Å². The van der Waals surface area contributed by atoms with Gasteiger partial charge in [0.15, 0.2) is 0 Å². The van der Waals surface area contributed by atoms with E-state index in [1.54, 1.807) is 12.1 Å². The fraction of sp³-hybridized carbons (Fsp3) is 0.571. The summed E-state index contributed by atoms with van der Waals surface area (Å²) < 4.78 is 13.0. The highest BCUT2D eigenvalue weighted by molar-refractivity contribution is 6.30. The van der Waals surface area contributed by atoms with E-state index in [0.29, 0.717) is 0 Å². The van der Waals surface area contributed by atoms with Gasteiger partial charge in [0.25, 0.3) is 0 Å². The lowest BCUT2D eigenvalue weighted by atomic mass is 9.90. The van der Waals surface area contributed by atoms with E-state index in [9.17, 15) is 4.39 Å². The summed E-state index contributed by atoms with van der Waals surface area (Å²) in [5.74, 6) is -0.364. The number of hydrogen-bond donors (Lipinski definition) is 1. The maximum Gasteiger partial charge on any atom is 0.141 e. The Kier molecular flexibility index (Phi) is 4.96. The molecule has 1 nitrogen and oxygen atoms in total. The van der Waals surface area contributed by atoms with E-state index in [-0.39, 0.29) is 22.3 Å². The summed E-state index contributed by atoms with van der Waals surface area (Å²) in [6, 6.07) is 5.06. The van der Waals surface area contributed by atoms with Gasteiger partial charge in [0.05, 0.1) is 5.02 Å². The van der Waals surface area contributed by atoms with Crippen LogP contribution in [0.1, 0.15) is 45.7 Å². The van der Waals surface area contributed by atoms with Gasteiger partial charge in [-0.05, 0) is 36.5 Å². The average Bonchev–Trinajstić information content (AvgIpc) is 2.30. The van der Waals surface area contributed by atoms with Crippen LogP contribution in [0.2, 0.25) is 5.02 Å². The van der Waals surface area contributed by atoms with Crippen molar-refractivity contribution in [3.05, 3.63) is 34.6 Å². The van der Waals surface area contributed by atoms with Gasteiger partial charge in [-0.2, -0.15) is 0 Å². The van der Waals surface area contributed by atoms with Crippen LogP contribution in [0.4, 0.5) is 4.39 Å². The number of benzene rings is 1. The van der Waals surface area contributed by atoms with E-state index < -0.39 is 0 Å². The summed E-state index contributed by atoms with van der Waals surface area (Å²) in [6.45, 7) is 9.63. The van der Waals surface area contributed by atoms with Crippen molar-refractivity contribution >= 4 is 11.6 Å². The maximum absolute atomic E-state index is 13.0. The molecular weight excluding hydrogens is 237 g/mol. The number of halogens is 2. The quantitative estimate of drug-likeness (QED) is 0.815. The number of hydrogen-bond acceptors (Lipinski definition) is 1. The second kappa shape index (κ2) is 5.83. The first-order valence-corrected chi connectivity index (χ1v) is 6.42. The van der Waals surface area contributed by atoms with Crippen LogP contribution in [0.3, 0.4) is 0 Å². The SMILES string of the molecule is CCC(C)(C)CNC(C)c1ccc(F)c(Cl)c1. The van der Waals surface area contributed by atoms with Crippen molar-refractivity contribution in [1.82, 2.24) is 5.32 Å². The van der Waals surface area contributed by atoms with Crippen molar-refractivity contribution in [2.75, 3.05) is 6.54 Å². The molecule has 96 valence electrons. The first-order valence-electron chi connectivity index (χ1n) is 6.04. The zero-order chi connectivity index (χ0) is 13.1. The van der Waals surface area contributed by atoms with Gasteiger partial charge in [0.1, 0.15) is 5.82 Å². The molecule has 1 unspecified atom stereocenters. The molecule has 0 bridgehead atoms. The summed E-state index contributed by atoms with van der Waals surface area (Å²) in [7, 11) is 0. The normalized spacial score (nSPS) is 13.8. The van der Waals surface area contributed by atoms with Gasteiger partial charge in [-0.1, -0.05) is 38.4 Å². The van der Waals surface area contributed by atoms with E-state index in [1.165, 1.54) is 6.07 Å². The van der Waals surface area contributed by atoms with Crippen LogP contribution in [0.25, 0.3) is 0 Å². The van der Waals surface area contributed by atoms with Crippen LogP contribution in [-0.2, 0) is 0 Å². The van der Waals surface area contributed by atoms with E-state index in [4.69, 9.17) is 11.6 Å². The van der Waals surface area contributed by atoms with E-state index in [2.05, 4.69) is 33.0 Å². The second-order valence-corrected chi connectivity index (χ2v) is 5.70. The first kappa shape index (κ1) is 14.5. The minimum Gasteiger partial charge on any atom is -0.310 e. The Morgan fingerprint density at radius 3 is 2.59 bits per heavy atom. The first-order chi connectivity index (χ1) is 7.85. The van der Waals surface area contributed by atoms with Crippen LogP contribution in [-0.4, -0.2) is 6.54 Å². The van der Waals surface area contributed by atoms with E-state index in [1.807, 2.05) is 0 Å². The molecule has 0 radical (unpaired) electrons. The van der Waals surface area contributed by atoms with E-state index in [0.717, 1.165) is 18.5 Å². The molecule has 0 aliphatic carbocycles. The van der Waals surface area contributed by atoms with Gasteiger partial charge in [0, 0.05) is 12.6 Å². The van der Waals surface area contributed by atoms with Crippen molar-refractivity contribution in [2.24, 2.45) is 5.41 Å². The Morgan fingerprint density at radius 2 is 2.06 bits per heavy atom. The van der Waals surface area contributed by atoms with Crippen LogP contribution < -0.4 is 5.32 Å². The lowest BCUT2D eigenvalue weighted by Gasteiger charge is -2.26. The summed E-state index contributed by atoms with van der Waals surface area (Å²) in [5.41, 5.74) is 1.29. The van der Waals surface area contributed by atoms with Crippen molar-refractivity contribution in [2.45, 2.75) is 40.2 Å². The maximum atomic E-state index is 13.0. The largest absolute Gasteiger partial charge is 0.310 e. The minimum absolute atomic E-state index is 0.180. The Morgan fingerprint density at radius 1 is 1.41 bits per heavy atom. The fourth-order valence-electron chi connectivity index (χ4n) is 1.45. The van der Waals surface area contributed by atoms with Crippen LogP contribution in [0, 0.1) is 11.2 Å². The van der Waals surface area contributed by atoms with Gasteiger partial charge in [-0.25, -0.2) is 4.39 Å². The van der Waals surface area contributed by atoms with Crippen molar-refractivity contribution in [3.63, 3.8) is 0 Å². The molecule has 1 aromatic carbocycles. The highest BCUT2D eigenvalue weighted by Gasteiger charge is 2.16. The standard InChI is InChI=1S/C14H21ClFN/c1-5-14(3,4)9-17-10(2)11-6-7-13(16)12(15)8-11/h6-8,10,17H,5,9H2,1-4H3. The van der Waals surface area contributed by atoms with Crippen molar-refractivity contribution < 1.29 is 4.39 Å². The highest BCUT2D eigenvalue weighted by atomic mass is 35.5. The van der Waals surface area contributed by atoms with Crippen LogP contribution >= 0.6 is 11.6 Å². The lowest BCUT2D eigenvalue weighted by Crippen LogP contribution is -2.30. The average molecular weight is 258 g/mol. The predicted octanol–water partition coefficient (Wildman–Crippen LogP) is 4.57. The summed E-state index contributed by atoms with van der Waals surface area (Å²) in [6.07, 6.45) is 1.12. The zero-order valence-corrected chi connectivity index (χ0v) is 11.7. The van der Waals surface area contributed by atoms with Gasteiger partial charge >= 0.3 is 0 Å². The molecular formula is C14H21ClFN. The van der Waals surface area contributed by atoms with Gasteiger partial charge in [-0.15, -0.1) is 0 Å². The molecule has 0 aromatic heterocycles.